The number of carbonyl (C=O) groups excluding carboxylic acids is 1. The molecular weight excluding hydrogens is 431 g/mol. The summed E-state index contributed by atoms with van der Waals surface area (Å²) in [5.41, 5.74) is 4.11. The summed E-state index contributed by atoms with van der Waals surface area (Å²) in [5.74, 6) is -0.458. The molecule has 2 unspecified atom stereocenters. The van der Waals surface area contributed by atoms with Crippen molar-refractivity contribution in [1.82, 2.24) is 9.88 Å². The van der Waals surface area contributed by atoms with Crippen molar-refractivity contribution in [2.45, 2.75) is 32.0 Å². The maximum atomic E-state index is 13.7. The van der Waals surface area contributed by atoms with Gasteiger partial charge in [0.2, 0.25) is 0 Å². The zero-order valence-corrected chi connectivity index (χ0v) is 18.4. The third-order valence-electron chi connectivity index (χ3n) is 5.95. The number of aliphatic hydroxyl groups is 2. The zero-order chi connectivity index (χ0) is 22.8. The van der Waals surface area contributed by atoms with Gasteiger partial charge in [-0.1, -0.05) is 29.8 Å². The number of halogens is 2. The number of rotatable bonds is 5. The minimum atomic E-state index is -0.825. The molecule has 2 aromatic carbocycles. The number of nitrogens with zero attached hydrogens (tertiary/aromatic N) is 2. The van der Waals surface area contributed by atoms with Crippen LogP contribution in [0.25, 0.3) is 11.1 Å². The topological polar surface area (TPSA) is 73.7 Å². The van der Waals surface area contributed by atoms with Crippen LogP contribution in [0.15, 0.2) is 54.7 Å². The number of hydrogen-bond donors (Lipinski definition) is 2. The SMILES string of the molecule is CC(O)c1cc(F)ccc1-c1ccc(C2CCN(C(=O)c3ccc(Cl)cn3)C2)c(CO)c1. The number of benzene rings is 2. The van der Waals surface area contributed by atoms with Gasteiger partial charge in [-0.3, -0.25) is 4.79 Å². The number of aliphatic hydroxyl groups excluding tert-OH is 2. The fourth-order valence-electron chi connectivity index (χ4n) is 4.31. The molecule has 1 saturated heterocycles. The lowest BCUT2D eigenvalue weighted by Gasteiger charge is -2.19. The molecule has 1 aliphatic heterocycles. The van der Waals surface area contributed by atoms with Gasteiger partial charge in [-0.25, -0.2) is 9.37 Å². The van der Waals surface area contributed by atoms with Crippen molar-refractivity contribution in [2.75, 3.05) is 13.1 Å². The lowest BCUT2D eigenvalue weighted by molar-refractivity contribution is 0.0785. The predicted octanol–water partition coefficient (Wildman–Crippen LogP) is 4.72. The number of hydrogen-bond acceptors (Lipinski definition) is 4. The lowest BCUT2D eigenvalue weighted by atomic mass is 9.89. The minimum absolute atomic E-state index is 0.0897. The van der Waals surface area contributed by atoms with E-state index in [9.17, 15) is 19.4 Å². The van der Waals surface area contributed by atoms with E-state index in [4.69, 9.17) is 11.6 Å². The summed E-state index contributed by atoms with van der Waals surface area (Å²) in [4.78, 5) is 18.7. The van der Waals surface area contributed by atoms with Crippen LogP contribution in [-0.2, 0) is 6.61 Å². The van der Waals surface area contributed by atoms with E-state index in [2.05, 4.69) is 4.98 Å². The van der Waals surface area contributed by atoms with Crippen molar-refractivity contribution in [1.29, 1.82) is 0 Å². The molecule has 5 nitrogen and oxygen atoms in total. The summed E-state index contributed by atoms with van der Waals surface area (Å²) in [6, 6.07) is 13.3. The first-order valence-electron chi connectivity index (χ1n) is 10.5. The van der Waals surface area contributed by atoms with Gasteiger partial charge < -0.3 is 15.1 Å². The van der Waals surface area contributed by atoms with Crippen LogP contribution in [0.1, 0.15) is 52.5 Å². The van der Waals surface area contributed by atoms with Crippen LogP contribution in [0.2, 0.25) is 5.02 Å². The quantitative estimate of drug-likeness (QED) is 0.585. The monoisotopic (exact) mass is 454 g/mol. The summed E-state index contributed by atoms with van der Waals surface area (Å²) in [6.45, 7) is 2.58. The molecule has 2 N–H and O–H groups in total. The van der Waals surface area contributed by atoms with Gasteiger partial charge in [0.05, 0.1) is 17.7 Å². The Labute approximate surface area is 191 Å². The number of amides is 1. The maximum absolute atomic E-state index is 13.7. The second kappa shape index (κ2) is 9.36. The Bertz CT molecular complexity index is 1130. The molecule has 166 valence electrons. The molecule has 0 aliphatic carbocycles. The van der Waals surface area contributed by atoms with Crippen LogP contribution in [0.3, 0.4) is 0 Å². The molecule has 1 fully saturated rings. The normalized spacial score (nSPS) is 16.9. The average molecular weight is 455 g/mol. The largest absolute Gasteiger partial charge is 0.392 e. The minimum Gasteiger partial charge on any atom is -0.392 e. The van der Waals surface area contributed by atoms with E-state index in [-0.39, 0.29) is 18.4 Å². The molecule has 32 heavy (non-hydrogen) atoms. The summed E-state index contributed by atoms with van der Waals surface area (Å²) >= 11 is 5.86. The maximum Gasteiger partial charge on any atom is 0.272 e. The lowest BCUT2D eigenvalue weighted by Crippen LogP contribution is -2.29. The number of likely N-dealkylation sites (tertiary alicyclic amines) is 1. The fraction of sp³-hybridized carbons (Fsp3) is 0.280. The number of aromatic nitrogens is 1. The Morgan fingerprint density at radius 1 is 1.25 bits per heavy atom. The Morgan fingerprint density at radius 3 is 2.75 bits per heavy atom. The molecule has 1 amide bonds. The zero-order valence-electron chi connectivity index (χ0n) is 17.6. The summed E-state index contributed by atoms with van der Waals surface area (Å²) in [6.07, 6.45) is 1.41. The highest BCUT2D eigenvalue weighted by Gasteiger charge is 2.30. The van der Waals surface area contributed by atoms with Crippen molar-refractivity contribution < 1.29 is 19.4 Å². The molecule has 2 heterocycles. The molecule has 2 atom stereocenters. The molecule has 1 aliphatic rings. The van der Waals surface area contributed by atoms with Gasteiger partial charge in [-0.05, 0) is 71.5 Å². The molecule has 1 aromatic heterocycles. The van der Waals surface area contributed by atoms with E-state index in [0.717, 1.165) is 28.7 Å². The Hall–Kier alpha value is -2.80. The van der Waals surface area contributed by atoms with E-state index in [1.54, 1.807) is 30.0 Å². The van der Waals surface area contributed by atoms with Gasteiger partial charge in [0.15, 0.2) is 0 Å². The smallest absolute Gasteiger partial charge is 0.272 e. The van der Waals surface area contributed by atoms with E-state index >= 15 is 0 Å². The molecule has 0 radical (unpaired) electrons. The van der Waals surface area contributed by atoms with E-state index in [0.29, 0.717) is 29.4 Å². The summed E-state index contributed by atoms with van der Waals surface area (Å²) < 4.78 is 13.7. The van der Waals surface area contributed by atoms with Crippen molar-refractivity contribution in [3.05, 3.63) is 88.0 Å². The van der Waals surface area contributed by atoms with Crippen LogP contribution in [0.4, 0.5) is 4.39 Å². The number of pyridine rings is 1. The summed E-state index contributed by atoms with van der Waals surface area (Å²) in [7, 11) is 0. The van der Waals surface area contributed by atoms with Crippen molar-refractivity contribution in [3.63, 3.8) is 0 Å². The highest BCUT2D eigenvalue weighted by molar-refractivity contribution is 6.30. The third kappa shape index (κ3) is 4.53. The molecule has 0 spiro atoms. The second-order valence-electron chi connectivity index (χ2n) is 8.08. The molecule has 0 bridgehead atoms. The standard InChI is InChI=1S/C25H24ClFN2O3/c1-15(31)23-11-20(27)4-6-22(23)16-2-5-21(18(10-16)14-30)17-8-9-29(13-17)25(32)24-7-3-19(26)12-28-24/h2-7,10-12,15,17,30-31H,8-9,13-14H2,1H3. The highest BCUT2D eigenvalue weighted by atomic mass is 35.5. The molecule has 3 aromatic rings. The van der Waals surface area contributed by atoms with Gasteiger partial charge in [0.25, 0.3) is 5.91 Å². The average Bonchev–Trinajstić information content (AvgIpc) is 3.28. The van der Waals surface area contributed by atoms with Gasteiger partial charge in [0.1, 0.15) is 11.5 Å². The van der Waals surface area contributed by atoms with Crippen molar-refractivity contribution in [2.24, 2.45) is 0 Å². The van der Waals surface area contributed by atoms with Crippen LogP contribution in [0.5, 0.6) is 0 Å². The van der Waals surface area contributed by atoms with Gasteiger partial charge in [0, 0.05) is 25.2 Å². The fourth-order valence-corrected chi connectivity index (χ4v) is 4.43. The first-order valence-corrected chi connectivity index (χ1v) is 10.9. The summed E-state index contributed by atoms with van der Waals surface area (Å²) in [5, 5.41) is 20.6. The highest BCUT2D eigenvalue weighted by Crippen LogP contribution is 2.35. The molecule has 4 rings (SSSR count). The Balaban J connectivity index is 1.58. The first-order chi connectivity index (χ1) is 15.4. The van der Waals surface area contributed by atoms with E-state index < -0.39 is 11.9 Å². The van der Waals surface area contributed by atoms with Gasteiger partial charge in [-0.2, -0.15) is 0 Å². The van der Waals surface area contributed by atoms with Crippen LogP contribution < -0.4 is 0 Å². The second-order valence-corrected chi connectivity index (χ2v) is 8.51. The molecule has 0 saturated carbocycles. The van der Waals surface area contributed by atoms with E-state index in [1.165, 1.54) is 18.3 Å². The van der Waals surface area contributed by atoms with Crippen LogP contribution >= 0.6 is 11.6 Å². The van der Waals surface area contributed by atoms with Crippen LogP contribution in [-0.4, -0.2) is 39.1 Å². The van der Waals surface area contributed by atoms with Gasteiger partial charge >= 0.3 is 0 Å². The Morgan fingerprint density at radius 2 is 2.06 bits per heavy atom. The molecule has 7 heteroatoms. The predicted molar refractivity (Wildman–Crippen MR) is 121 cm³/mol. The van der Waals surface area contributed by atoms with Crippen molar-refractivity contribution >= 4 is 17.5 Å². The van der Waals surface area contributed by atoms with E-state index in [1.807, 2.05) is 18.2 Å². The van der Waals surface area contributed by atoms with Gasteiger partial charge in [-0.15, -0.1) is 0 Å². The van der Waals surface area contributed by atoms with Crippen LogP contribution in [0, 0.1) is 5.82 Å². The Kier molecular flexibility index (Phi) is 6.55. The third-order valence-corrected chi connectivity index (χ3v) is 6.17. The molecular formula is C25H24ClFN2O3. The number of carbonyl (C=O) groups is 1. The first kappa shape index (κ1) is 22.4. The van der Waals surface area contributed by atoms with Crippen molar-refractivity contribution in [3.8, 4) is 11.1 Å².